The zero-order valence-electron chi connectivity index (χ0n) is 19.2. The van der Waals surface area contributed by atoms with Crippen molar-refractivity contribution < 1.29 is 31.9 Å². The molecule has 1 atom stereocenters. The Balaban J connectivity index is 2.05. The third-order valence-corrected chi connectivity index (χ3v) is 5.72. The lowest BCUT2D eigenvalue weighted by Crippen LogP contribution is -2.47. The second-order valence-electron chi connectivity index (χ2n) is 8.19. The van der Waals surface area contributed by atoms with Gasteiger partial charge in [0.05, 0.1) is 17.1 Å². The van der Waals surface area contributed by atoms with Crippen LogP contribution in [0.1, 0.15) is 11.3 Å². The smallest absolute Gasteiger partial charge is 0.347 e. The molecular formula is C22H22ClF4N5O3. The number of aromatic nitrogens is 1. The molecule has 0 spiro atoms. The average molecular weight is 516 g/mol. The van der Waals surface area contributed by atoms with Crippen molar-refractivity contribution in [2.45, 2.75) is 19.1 Å². The standard InChI is InChI=1S/C22H22ClF4N5O3/c1-12-7-13(22(25,26)27)8-18(28-12)32-17(10-31(21(32)35)11-19(33)29(2)3)20(34)30(4)14-5-6-16(24)15(23)9-14/h5-9,17H,10-11H2,1-4H3/t17-/m0/s1. The van der Waals surface area contributed by atoms with E-state index in [1.54, 1.807) is 0 Å². The summed E-state index contributed by atoms with van der Waals surface area (Å²) in [6.07, 6.45) is -4.72. The van der Waals surface area contributed by atoms with Gasteiger partial charge < -0.3 is 14.7 Å². The van der Waals surface area contributed by atoms with Gasteiger partial charge in [0.25, 0.3) is 5.91 Å². The zero-order valence-corrected chi connectivity index (χ0v) is 20.0. The number of nitrogens with zero attached hydrogens (tertiary/aromatic N) is 5. The molecule has 1 aliphatic rings. The van der Waals surface area contributed by atoms with E-state index >= 15 is 0 Å². The van der Waals surface area contributed by atoms with Crippen LogP contribution in [0, 0.1) is 12.7 Å². The van der Waals surface area contributed by atoms with Crippen LogP contribution in [0.25, 0.3) is 0 Å². The number of anilines is 2. The van der Waals surface area contributed by atoms with E-state index in [0.717, 1.165) is 26.8 Å². The predicted molar refractivity (Wildman–Crippen MR) is 121 cm³/mol. The molecule has 1 aliphatic heterocycles. The maximum absolute atomic E-state index is 13.6. The van der Waals surface area contributed by atoms with Crippen molar-refractivity contribution in [3.05, 3.63) is 52.4 Å². The number of benzene rings is 1. The molecule has 8 nitrogen and oxygen atoms in total. The first kappa shape index (κ1) is 26.2. The number of carbonyl (C=O) groups excluding carboxylic acids is 3. The Morgan fingerprint density at radius 1 is 1.17 bits per heavy atom. The normalized spacial score (nSPS) is 16.0. The number of alkyl halides is 3. The molecule has 1 aromatic carbocycles. The summed E-state index contributed by atoms with van der Waals surface area (Å²) >= 11 is 5.81. The summed E-state index contributed by atoms with van der Waals surface area (Å²) in [5.74, 6) is -2.23. The van der Waals surface area contributed by atoms with Gasteiger partial charge in [-0.2, -0.15) is 13.2 Å². The first-order chi connectivity index (χ1) is 16.2. The monoisotopic (exact) mass is 515 g/mol. The second-order valence-corrected chi connectivity index (χ2v) is 8.59. The highest BCUT2D eigenvalue weighted by molar-refractivity contribution is 6.31. The average Bonchev–Trinajstić information content (AvgIpc) is 3.09. The molecular weight excluding hydrogens is 494 g/mol. The van der Waals surface area contributed by atoms with Crippen LogP contribution in [-0.2, 0) is 15.8 Å². The summed E-state index contributed by atoms with van der Waals surface area (Å²) < 4.78 is 53.9. The number of amides is 4. The van der Waals surface area contributed by atoms with Crippen molar-refractivity contribution in [2.24, 2.45) is 0 Å². The predicted octanol–water partition coefficient (Wildman–Crippen LogP) is 3.56. The second kappa shape index (κ2) is 9.68. The Hall–Kier alpha value is -3.41. The summed E-state index contributed by atoms with van der Waals surface area (Å²) in [6, 6.07) is 2.88. The first-order valence-corrected chi connectivity index (χ1v) is 10.6. The summed E-state index contributed by atoms with van der Waals surface area (Å²) in [5.41, 5.74) is -0.861. The molecule has 0 unspecified atom stereocenters. The minimum Gasteiger partial charge on any atom is -0.347 e. The van der Waals surface area contributed by atoms with Crippen LogP contribution in [0.3, 0.4) is 0 Å². The topological polar surface area (TPSA) is 77.1 Å². The van der Waals surface area contributed by atoms with Crippen molar-refractivity contribution in [3.8, 4) is 0 Å². The van der Waals surface area contributed by atoms with Gasteiger partial charge in [-0.25, -0.2) is 14.2 Å². The van der Waals surface area contributed by atoms with Crippen molar-refractivity contribution in [3.63, 3.8) is 0 Å². The number of pyridine rings is 1. The molecule has 0 radical (unpaired) electrons. The molecule has 13 heteroatoms. The molecule has 3 rings (SSSR count). The Bertz CT molecular complexity index is 1170. The highest BCUT2D eigenvalue weighted by Crippen LogP contribution is 2.34. The fraction of sp³-hybridized carbons (Fsp3) is 0.364. The van der Waals surface area contributed by atoms with E-state index in [4.69, 9.17) is 11.6 Å². The van der Waals surface area contributed by atoms with Gasteiger partial charge in [0.1, 0.15) is 24.2 Å². The molecule has 1 aromatic heterocycles. The van der Waals surface area contributed by atoms with Gasteiger partial charge in [-0.05, 0) is 37.3 Å². The van der Waals surface area contributed by atoms with E-state index in [0.29, 0.717) is 6.07 Å². The lowest BCUT2D eigenvalue weighted by Gasteiger charge is -2.27. The minimum atomic E-state index is -4.72. The van der Waals surface area contributed by atoms with Crippen molar-refractivity contribution in [1.29, 1.82) is 0 Å². The number of rotatable bonds is 5. The number of halogens is 5. The van der Waals surface area contributed by atoms with E-state index in [1.165, 1.54) is 45.1 Å². The van der Waals surface area contributed by atoms with Gasteiger partial charge in [-0.1, -0.05) is 11.6 Å². The van der Waals surface area contributed by atoms with Crippen LogP contribution in [-0.4, -0.2) is 72.9 Å². The van der Waals surface area contributed by atoms with Gasteiger partial charge in [0.2, 0.25) is 5.91 Å². The fourth-order valence-electron chi connectivity index (χ4n) is 3.52. The van der Waals surface area contributed by atoms with Crippen LogP contribution in [0.4, 0.5) is 33.9 Å². The minimum absolute atomic E-state index is 0.0182. The molecule has 2 aromatic rings. The van der Waals surface area contributed by atoms with Gasteiger partial charge in [0.15, 0.2) is 0 Å². The lowest BCUT2D eigenvalue weighted by molar-refractivity contribution is -0.137. The number of hydrogen-bond donors (Lipinski definition) is 0. The zero-order chi connectivity index (χ0) is 26.2. The summed E-state index contributed by atoms with van der Waals surface area (Å²) in [6.45, 7) is 0.653. The third kappa shape index (κ3) is 5.47. The van der Waals surface area contributed by atoms with Gasteiger partial charge in [-0.3, -0.25) is 14.5 Å². The van der Waals surface area contributed by atoms with Crippen LogP contribution < -0.4 is 9.80 Å². The van der Waals surface area contributed by atoms with Crippen molar-refractivity contribution in [1.82, 2.24) is 14.8 Å². The Morgan fingerprint density at radius 3 is 2.40 bits per heavy atom. The summed E-state index contributed by atoms with van der Waals surface area (Å²) in [4.78, 5) is 47.2. The fourth-order valence-corrected chi connectivity index (χ4v) is 3.69. The van der Waals surface area contributed by atoms with E-state index in [2.05, 4.69) is 4.98 Å². The molecule has 1 fully saturated rings. The Labute approximate surface area is 203 Å². The van der Waals surface area contributed by atoms with Crippen LogP contribution >= 0.6 is 11.6 Å². The molecule has 0 N–H and O–H groups in total. The van der Waals surface area contributed by atoms with Crippen LogP contribution in [0.2, 0.25) is 5.02 Å². The lowest BCUT2D eigenvalue weighted by atomic mass is 10.1. The summed E-state index contributed by atoms with van der Waals surface area (Å²) in [5, 5.41) is -0.241. The summed E-state index contributed by atoms with van der Waals surface area (Å²) in [7, 11) is 4.31. The Morgan fingerprint density at radius 2 is 1.83 bits per heavy atom. The van der Waals surface area contributed by atoms with Crippen molar-refractivity contribution >= 4 is 41.0 Å². The van der Waals surface area contributed by atoms with Crippen LogP contribution in [0.5, 0.6) is 0 Å². The van der Waals surface area contributed by atoms with Crippen molar-refractivity contribution in [2.75, 3.05) is 44.0 Å². The maximum Gasteiger partial charge on any atom is 0.416 e. The molecule has 0 aliphatic carbocycles. The van der Waals surface area contributed by atoms with Gasteiger partial charge in [-0.15, -0.1) is 0 Å². The SMILES string of the molecule is Cc1cc(C(F)(F)F)cc(N2C(=O)N(CC(=O)N(C)C)C[C@H]2C(=O)N(C)c2ccc(F)c(Cl)c2)n1. The van der Waals surface area contributed by atoms with E-state index in [1.807, 2.05) is 0 Å². The molecule has 188 valence electrons. The first-order valence-electron chi connectivity index (χ1n) is 10.3. The number of likely N-dealkylation sites (N-methyl/N-ethyl adjacent to an activating group) is 2. The van der Waals surface area contributed by atoms with Gasteiger partial charge in [0, 0.05) is 32.5 Å². The third-order valence-electron chi connectivity index (χ3n) is 5.43. The molecule has 0 saturated carbocycles. The molecule has 4 amide bonds. The molecule has 2 heterocycles. The number of carbonyl (C=O) groups is 3. The molecule has 0 bridgehead atoms. The number of aryl methyl sites for hydroxylation is 1. The highest BCUT2D eigenvalue weighted by atomic mass is 35.5. The number of hydrogen-bond acceptors (Lipinski definition) is 4. The molecule has 35 heavy (non-hydrogen) atoms. The number of urea groups is 1. The quantitative estimate of drug-likeness (QED) is 0.571. The van der Waals surface area contributed by atoms with E-state index in [9.17, 15) is 31.9 Å². The maximum atomic E-state index is 13.6. The Kier molecular flexibility index (Phi) is 7.25. The largest absolute Gasteiger partial charge is 0.416 e. The molecule has 1 saturated heterocycles. The highest BCUT2D eigenvalue weighted by Gasteiger charge is 2.46. The van der Waals surface area contributed by atoms with Crippen LogP contribution in [0.15, 0.2) is 30.3 Å². The van der Waals surface area contributed by atoms with E-state index in [-0.39, 0.29) is 28.8 Å². The van der Waals surface area contributed by atoms with Gasteiger partial charge >= 0.3 is 12.2 Å². The van der Waals surface area contributed by atoms with E-state index < -0.39 is 48.0 Å².